The maximum absolute atomic E-state index is 14.4. The highest BCUT2D eigenvalue weighted by Crippen LogP contribution is 2.67. The molecule has 1 aromatic rings. The fourth-order valence-corrected chi connectivity index (χ4v) is 20.3. The van der Waals surface area contributed by atoms with Crippen molar-refractivity contribution in [1.82, 2.24) is 83.4 Å². The van der Waals surface area contributed by atoms with Gasteiger partial charge in [0.2, 0.25) is 70.5 Å². The lowest BCUT2D eigenvalue weighted by molar-refractivity contribution is -0.148. The number of nitrogens with two attached hydrogens (primary N) is 2. The van der Waals surface area contributed by atoms with Crippen molar-refractivity contribution in [2.75, 3.05) is 46.8 Å². The number of alkyl halides is 3. The Morgan fingerprint density at radius 2 is 0.853 bits per heavy atom. The van der Waals surface area contributed by atoms with Crippen LogP contribution in [0.5, 0.6) is 0 Å². The van der Waals surface area contributed by atoms with Crippen LogP contribution in [0.1, 0.15) is 234 Å². The SMILES string of the molecule is C=CCNC(=O)C(=O)C(CCC(F)(F)F)NC(=O)[C@@H]1[C@@H]2[C@H](CN1C(=O)[C@@H](NC(=O)N[C@H](C(N)=O)C(C)(C)C)C(C)(C)C)C2(C)C.C=CCNC(=O)C(=O)C(CCC)NC(=O)[C@@H]1[C@@H]2[C@H](CN1C(=O)[C@@H](NC(=O)N[C@H](C(=O)N(C)C)C(C)(C)C)C(C)(C)C)C2(C)C.CC(C)(C)[C@H](NC(=O)NC1(C(=O)NCc2cccs2)CCCCC1)C(=O)N1C[C@H]2[C@@H]([C@H]1C(=O)NC(CC1CC1)C(=O)C(N)=O)C2(C)C. The largest absolute Gasteiger partial charge is 0.389 e. The molecule has 5 aliphatic carbocycles. The molecule has 17 atom stereocenters. The summed E-state index contributed by atoms with van der Waals surface area (Å²) in [5, 5.41) is 34.0. The average molecular weight is 1930 g/mol. The zero-order valence-electron chi connectivity index (χ0n) is 83.8. The van der Waals surface area contributed by atoms with Gasteiger partial charge in [-0.25, -0.2) is 14.4 Å². The summed E-state index contributed by atoms with van der Waals surface area (Å²) in [5.74, 6) is -11.0. The van der Waals surface area contributed by atoms with Gasteiger partial charge in [0.1, 0.15) is 53.9 Å². The number of carbonyl (C=O) groups excluding carboxylic acids is 18. The van der Waals surface area contributed by atoms with Gasteiger partial charge in [-0.2, -0.15) is 13.2 Å². The summed E-state index contributed by atoms with van der Waals surface area (Å²) >= 11 is 1.54. The molecule has 0 radical (unpaired) electrons. The highest BCUT2D eigenvalue weighted by molar-refractivity contribution is 7.09. The molecule has 18 amide bonds. The van der Waals surface area contributed by atoms with Crippen LogP contribution in [-0.2, 0) is 78.5 Å². The highest BCUT2D eigenvalue weighted by Gasteiger charge is 2.73. The van der Waals surface area contributed by atoms with Crippen molar-refractivity contribution in [2.24, 2.45) is 96.2 Å². The summed E-state index contributed by atoms with van der Waals surface area (Å²) in [6.45, 7) is 48.6. The number of nitrogens with one attached hydrogen (secondary N) is 12. The normalized spacial score (nSPS) is 23.6. The van der Waals surface area contributed by atoms with Gasteiger partial charge in [-0.15, -0.1) is 24.5 Å². The van der Waals surface area contributed by atoms with E-state index in [0.717, 1.165) is 37.0 Å². The van der Waals surface area contributed by atoms with E-state index in [1.54, 1.807) is 67.0 Å². The Bertz CT molecular complexity index is 4660. The summed E-state index contributed by atoms with van der Waals surface area (Å²) in [6, 6.07) is -10.2. The number of ketones is 3. The number of hydrogen-bond donors (Lipinski definition) is 14. The molecule has 9 rings (SSSR count). The van der Waals surface area contributed by atoms with Crippen LogP contribution < -0.4 is 75.3 Å². The first kappa shape index (κ1) is 112. The number of likely N-dealkylation sites (tertiary alicyclic amines) is 3. The van der Waals surface area contributed by atoms with Gasteiger partial charge in [-0.3, -0.25) is 71.9 Å². The summed E-state index contributed by atoms with van der Waals surface area (Å²) in [6.07, 6.45) is 2.27. The van der Waals surface area contributed by atoms with Crippen molar-refractivity contribution < 1.29 is 99.5 Å². The molecule has 16 N–H and O–H groups in total. The van der Waals surface area contributed by atoms with E-state index in [1.165, 1.54) is 31.8 Å². The molecule has 3 saturated heterocycles. The number of carbonyl (C=O) groups is 18. The molecule has 0 spiro atoms. The number of rotatable bonds is 36. The predicted molar refractivity (Wildman–Crippen MR) is 504 cm³/mol. The van der Waals surface area contributed by atoms with E-state index in [0.29, 0.717) is 45.3 Å². The van der Waals surface area contributed by atoms with E-state index >= 15 is 0 Å². The monoisotopic (exact) mass is 1930 g/mol. The molecule has 40 heteroatoms. The van der Waals surface area contributed by atoms with Gasteiger partial charge in [0, 0.05) is 58.1 Å². The fourth-order valence-electron chi connectivity index (χ4n) is 19.6. The third kappa shape index (κ3) is 27.7. The number of thiophene rings is 1. The standard InChI is InChI=1S/C34H50N6O6S.C32H54N6O6.C30H47F3N6O6/c1-32(2,3)26(38-31(46)39-34(13-7-6-8-14-34)30(45)36-17-20-10-9-15-47-20)29(44)40-18-21-23(33(21,4)5)24(40)28(43)37-22(16-19-11-12-19)25(41)27(35)42;1-13-15-19(22(39)26(41)33-16-14-2)34-25(40)21-20-18(32(20,9)10)17-38(21)28(43)24(31(6,7)8)36-29(44)35-23(30(3,4)5)27(42)37(11)12;1-10-13-35-24(43)19(40)16(11-12-30(31,32)33)36-23(42)18-17-15(29(17,8)9)14-39(18)25(44)21(28(5,6)7)38-26(45)37-20(22(34)41)27(2,3)4/h9-10,15,19,21-24,26H,6-8,11-14,16-18H2,1-5H3,(H2,35,42)(H,36,45)(H,37,43)(H2,38,39,46);14,18-21,23-24H,2,13,15-17H2,1,3-12H3,(H,33,41)(H,34,40)(H2,35,36,44);10,15-18,20-21H,1,11-14H2,2-9H3,(H2,34,41)(H,35,43)(H,36,42)(H2,37,38,45)/t21-,22?,23-,24-,26+;18-,19?,20-,21-,23+,24+;15-,16?,17-,18-,20+,21+/m000/s1. The summed E-state index contributed by atoms with van der Waals surface area (Å²) in [7, 11) is 3.22. The maximum atomic E-state index is 14.4. The molecule has 136 heavy (non-hydrogen) atoms. The average Bonchev–Trinajstić information content (AvgIpc) is 1.53. The molecule has 8 aliphatic rings. The molecule has 8 fully saturated rings. The zero-order valence-corrected chi connectivity index (χ0v) is 84.6. The van der Waals surface area contributed by atoms with Crippen LogP contribution in [0.3, 0.4) is 0 Å². The number of urea groups is 3. The number of likely N-dealkylation sites (N-methyl/N-ethyl adjacent to an activating group) is 1. The number of fused-ring (bicyclic) bond motifs is 3. The number of amides is 18. The summed E-state index contributed by atoms with van der Waals surface area (Å²) in [5.41, 5.74) is 5.19. The van der Waals surface area contributed by atoms with Crippen molar-refractivity contribution >= 4 is 118 Å². The van der Waals surface area contributed by atoms with Crippen LogP contribution in [0.2, 0.25) is 0 Å². The molecule has 36 nitrogen and oxygen atoms in total. The molecular weight excluding hydrogens is 1780 g/mol. The number of piperidine rings is 3. The zero-order chi connectivity index (χ0) is 103. The minimum absolute atomic E-state index is 0.0656. The van der Waals surface area contributed by atoms with Crippen molar-refractivity contribution in [3.05, 3.63) is 47.7 Å². The summed E-state index contributed by atoms with van der Waals surface area (Å²) < 4.78 is 39.3. The first-order chi connectivity index (χ1) is 62.5. The van der Waals surface area contributed by atoms with E-state index < -0.39 is 218 Å². The number of Topliss-reactive ketones (excluding diaryl/α,β-unsaturated/α-hetero) is 3. The van der Waals surface area contributed by atoms with Crippen LogP contribution in [0.15, 0.2) is 42.8 Å². The lowest BCUT2D eigenvalue weighted by atomic mass is 9.80. The maximum Gasteiger partial charge on any atom is 0.389 e. The molecule has 5 saturated carbocycles. The van der Waals surface area contributed by atoms with Crippen LogP contribution in [-0.4, -0.2) is 251 Å². The topological polar surface area (TPSA) is 517 Å². The van der Waals surface area contributed by atoms with E-state index in [2.05, 4.69) is 90.8 Å². The minimum atomic E-state index is -4.66. The quantitative estimate of drug-likeness (QED) is 0.0261. The first-order valence-corrected chi connectivity index (χ1v) is 48.0. The van der Waals surface area contributed by atoms with E-state index in [-0.39, 0.29) is 90.1 Å². The second kappa shape index (κ2) is 43.6. The van der Waals surface area contributed by atoms with Crippen LogP contribution in [0.4, 0.5) is 27.6 Å². The molecule has 0 aromatic carbocycles. The molecule has 4 heterocycles. The number of hydrogen-bond acceptors (Lipinski definition) is 19. The lowest BCUT2D eigenvalue weighted by Crippen LogP contribution is -2.65. The second-order valence-electron chi connectivity index (χ2n) is 45.3. The number of halogens is 3. The Labute approximate surface area is 801 Å². The Balaban J connectivity index is 0.000000278. The van der Waals surface area contributed by atoms with E-state index in [9.17, 15) is 99.5 Å². The first-order valence-electron chi connectivity index (χ1n) is 47.1. The van der Waals surface area contributed by atoms with Crippen LogP contribution in [0, 0.1) is 84.7 Å². The minimum Gasteiger partial charge on any atom is -0.368 e. The number of primary amides is 2. The van der Waals surface area contributed by atoms with Crippen molar-refractivity contribution in [1.29, 1.82) is 0 Å². The van der Waals surface area contributed by atoms with Crippen molar-refractivity contribution in [2.45, 2.75) is 314 Å². The van der Waals surface area contributed by atoms with E-state index in [4.69, 9.17) is 11.5 Å². The molecule has 760 valence electrons. The Morgan fingerprint density at radius 3 is 1.18 bits per heavy atom. The van der Waals surface area contributed by atoms with Gasteiger partial charge < -0.3 is 94.9 Å². The smallest absolute Gasteiger partial charge is 0.368 e. The third-order valence-corrected chi connectivity index (χ3v) is 29.0. The van der Waals surface area contributed by atoms with Crippen LogP contribution in [0.25, 0.3) is 0 Å². The number of nitrogens with zero attached hydrogens (tertiary/aromatic N) is 4. The second-order valence-corrected chi connectivity index (χ2v) is 46.3. The lowest BCUT2D eigenvalue weighted by Gasteiger charge is -2.40. The fraction of sp³-hybridized carbons (Fsp3) is 0.729. The van der Waals surface area contributed by atoms with Gasteiger partial charge in [0.15, 0.2) is 0 Å². The van der Waals surface area contributed by atoms with Crippen molar-refractivity contribution in [3.63, 3.8) is 0 Å². The van der Waals surface area contributed by atoms with Gasteiger partial charge in [0.25, 0.3) is 17.7 Å². The molecule has 3 unspecified atom stereocenters. The Kier molecular flexibility index (Phi) is 36.1. The van der Waals surface area contributed by atoms with E-state index in [1.807, 2.05) is 114 Å². The molecule has 1 aromatic heterocycles. The Morgan fingerprint density at radius 1 is 0.493 bits per heavy atom. The predicted octanol–water partition coefficient (Wildman–Crippen LogP) is 6.23. The molecular formula is C96H151F3N18O18S. The summed E-state index contributed by atoms with van der Waals surface area (Å²) in [4.78, 5) is 244. The molecule has 0 bridgehead atoms. The Hall–Kier alpha value is -10.6. The van der Waals surface area contributed by atoms with Gasteiger partial charge in [-0.1, -0.05) is 209 Å². The van der Waals surface area contributed by atoms with Gasteiger partial charge in [0.05, 0.1) is 24.7 Å². The highest BCUT2D eigenvalue weighted by atomic mass is 32.1. The van der Waals surface area contributed by atoms with Gasteiger partial charge >= 0.3 is 24.3 Å². The van der Waals surface area contributed by atoms with Gasteiger partial charge in [-0.05, 0) is 128 Å². The third-order valence-electron chi connectivity index (χ3n) is 28.2. The van der Waals surface area contributed by atoms with Crippen LogP contribution >= 0.6 is 11.3 Å². The molecule has 3 aliphatic heterocycles. The van der Waals surface area contributed by atoms with Crippen molar-refractivity contribution in [3.8, 4) is 0 Å².